The van der Waals surface area contributed by atoms with E-state index in [4.69, 9.17) is 0 Å². The lowest BCUT2D eigenvalue weighted by atomic mass is 9.94. The van der Waals surface area contributed by atoms with Gasteiger partial charge in [0.1, 0.15) is 17.5 Å². The molecule has 4 nitrogen and oxygen atoms in total. The van der Waals surface area contributed by atoms with Crippen LogP contribution in [0.25, 0.3) is 0 Å². The summed E-state index contributed by atoms with van der Waals surface area (Å²) in [6.07, 6.45) is 6.90. The van der Waals surface area contributed by atoms with Crippen LogP contribution >= 0.6 is 0 Å². The number of benzene rings is 1. The zero-order valence-electron chi connectivity index (χ0n) is 13.4. The molecule has 1 aliphatic rings. The first-order valence-corrected chi connectivity index (χ1v) is 7.97. The Bertz CT molecular complexity index is 615. The molecule has 23 heavy (non-hydrogen) atoms. The standard InChI is InChI=1S/C18H22FN3O/c1-22(17-8-3-2-4-9-17)18(23)15(11-20)13-21-12-14-6-5-7-16(19)10-14/h5-7,10,13,17,21H,2-4,8-9,12H2,1H3/b15-13-. The molecule has 0 spiro atoms. The first-order valence-electron chi connectivity index (χ1n) is 7.97. The van der Waals surface area contributed by atoms with E-state index in [0.29, 0.717) is 6.54 Å². The minimum absolute atomic E-state index is 0.0782. The van der Waals surface area contributed by atoms with Crippen LogP contribution < -0.4 is 5.32 Å². The summed E-state index contributed by atoms with van der Waals surface area (Å²) in [5.74, 6) is -0.562. The van der Waals surface area contributed by atoms with E-state index in [1.807, 2.05) is 6.07 Å². The molecule has 1 aliphatic carbocycles. The average Bonchev–Trinajstić information content (AvgIpc) is 2.58. The number of rotatable bonds is 5. The lowest BCUT2D eigenvalue weighted by Gasteiger charge is -2.31. The zero-order chi connectivity index (χ0) is 16.7. The molecule has 0 bridgehead atoms. The first kappa shape index (κ1) is 17.0. The normalized spacial score (nSPS) is 15.8. The second kappa shape index (κ2) is 8.33. The van der Waals surface area contributed by atoms with Crippen LogP contribution in [0.1, 0.15) is 37.7 Å². The van der Waals surface area contributed by atoms with Gasteiger partial charge < -0.3 is 10.2 Å². The van der Waals surface area contributed by atoms with E-state index in [9.17, 15) is 14.4 Å². The summed E-state index contributed by atoms with van der Waals surface area (Å²) >= 11 is 0. The average molecular weight is 315 g/mol. The van der Waals surface area contributed by atoms with Crippen molar-refractivity contribution in [2.24, 2.45) is 0 Å². The molecule has 0 aromatic heterocycles. The van der Waals surface area contributed by atoms with Crippen LogP contribution in [0.5, 0.6) is 0 Å². The molecule has 0 unspecified atom stereocenters. The van der Waals surface area contributed by atoms with Crippen molar-refractivity contribution in [2.75, 3.05) is 7.05 Å². The van der Waals surface area contributed by atoms with Crippen molar-refractivity contribution in [3.8, 4) is 6.07 Å². The van der Waals surface area contributed by atoms with Gasteiger partial charge in [-0.3, -0.25) is 4.79 Å². The predicted octanol–water partition coefficient (Wildman–Crippen LogP) is 3.11. The molecule has 0 atom stereocenters. The van der Waals surface area contributed by atoms with Gasteiger partial charge >= 0.3 is 0 Å². The number of hydrogen-bond donors (Lipinski definition) is 1. The van der Waals surface area contributed by atoms with Gasteiger partial charge in [-0.1, -0.05) is 31.4 Å². The highest BCUT2D eigenvalue weighted by molar-refractivity contribution is 5.97. The lowest BCUT2D eigenvalue weighted by Crippen LogP contribution is -2.39. The highest BCUT2D eigenvalue weighted by atomic mass is 19.1. The largest absolute Gasteiger partial charge is 0.386 e. The summed E-state index contributed by atoms with van der Waals surface area (Å²) < 4.78 is 13.1. The van der Waals surface area contributed by atoms with Crippen LogP contribution in [0, 0.1) is 17.1 Å². The Balaban J connectivity index is 1.94. The maximum absolute atomic E-state index is 13.1. The number of nitrogens with zero attached hydrogens (tertiary/aromatic N) is 2. The fourth-order valence-electron chi connectivity index (χ4n) is 2.88. The van der Waals surface area contributed by atoms with Gasteiger partial charge in [0.2, 0.25) is 0 Å². The third-order valence-corrected chi connectivity index (χ3v) is 4.24. The van der Waals surface area contributed by atoms with Gasteiger partial charge in [0.05, 0.1) is 0 Å². The van der Waals surface area contributed by atoms with Crippen LogP contribution in [-0.2, 0) is 11.3 Å². The van der Waals surface area contributed by atoms with Crippen LogP contribution in [-0.4, -0.2) is 23.9 Å². The molecule has 1 amide bonds. The van der Waals surface area contributed by atoms with Crippen molar-refractivity contribution in [3.63, 3.8) is 0 Å². The summed E-state index contributed by atoms with van der Waals surface area (Å²) in [6, 6.07) is 8.38. The Morgan fingerprint density at radius 3 is 2.83 bits per heavy atom. The summed E-state index contributed by atoms with van der Waals surface area (Å²) in [6.45, 7) is 0.364. The number of nitriles is 1. The molecule has 5 heteroatoms. The van der Waals surface area contributed by atoms with Crippen LogP contribution in [0.4, 0.5) is 4.39 Å². The molecule has 1 aromatic carbocycles. The van der Waals surface area contributed by atoms with Crippen molar-refractivity contribution >= 4 is 5.91 Å². The van der Waals surface area contributed by atoms with Gasteiger partial charge in [-0.05, 0) is 30.5 Å². The minimum Gasteiger partial charge on any atom is -0.386 e. The number of carbonyl (C=O) groups is 1. The molecular weight excluding hydrogens is 293 g/mol. The van der Waals surface area contributed by atoms with Crippen LogP contribution in [0.3, 0.4) is 0 Å². The molecule has 1 saturated carbocycles. The predicted molar refractivity (Wildman–Crippen MR) is 86.6 cm³/mol. The molecule has 1 fully saturated rings. The van der Waals surface area contributed by atoms with E-state index in [1.165, 1.54) is 24.8 Å². The van der Waals surface area contributed by atoms with Gasteiger partial charge in [0.25, 0.3) is 5.91 Å². The summed E-state index contributed by atoms with van der Waals surface area (Å²) in [5, 5.41) is 12.1. The Morgan fingerprint density at radius 1 is 1.43 bits per heavy atom. The van der Waals surface area contributed by atoms with Crippen LogP contribution in [0.2, 0.25) is 0 Å². The molecule has 1 N–H and O–H groups in total. The maximum atomic E-state index is 13.1. The smallest absolute Gasteiger partial charge is 0.265 e. The zero-order valence-corrected chi connectivity index (χ0v) is 13.4. The van der Waals surface area contributed by atoms with E-state index in [2.05, 4.69) is 5.32 Å². The second-order valence-corrected chi connectivity index (χ2v) is 5.89. The summed E-state index contributed by atoms with van der Waals surface area (Å²) in [5.41, 5.74) is 0.834. The van der Waals surface area contributed by atoms with Crippen molar-refractivity contribution < 1.29 is 9.18 Å². The lowest BCUT2D eigenvalue weighted by molar-refractivity contribution is -0.128. The first-order chi connectivity index (χ1) is 11.1. The molecule has 122 valence electrons. The highest BCUT2D eigenvalue weighted by Gasteiger charge is 2.24. The number of halogens is 1. The molecular formula is C18H22FN3O. The van der Waals surface area contributed by atoms with E-state index in [1.54, 1.807) is 24.1 Å². The molecule has 0 heterocycles. The Labute approximate surface area is 136 Å². The topological polar surface area (TPSA) is 56.1 Å². The highest BCUT2D eigenvalue weighted by Crippen LogP contribution is 2.22. The number of amides is 1. The maximum Gasteiger partial charge on any atom is 0.265 e. The van der Waals surface area contributed by atoms with Crippen molar-refractivity contribution in [1.82, 2.24) is 10.2 Å². The van der Waals surface area contributed by atoms with Crippen molar-refractivity contribution in [3.05, 3.63) is 47.4 Å². The van der Waals surface area contributed by atoms with E-state index < -0.39 is 0 Å². The fraction of sp³-hybridized carbons (Fsp3) is 0.444. The van der Waals surface area contributed by atoms with E-state index in [-0.39, 0.29) is 23.3 Å². The van der Waals surface area contributed by atoms with Gasteiger partial charge in [-0.15, -0.1) is 0 Å². The quantitative estimate of drug-likeness (QED) is 0.671. The minimum atomic E-state index is -0.304. The number of likely N-dealkylation sites (N-methyl/N-ethyl adjacent to an activating group) is 1. The number of carbonyl (C=O) groups excluding carboxylic acids is 1. The molecule has 0 saturated heterocycles. The van der Waals surface area contributed by atoms with Gasteiger partial charge in [0, 0.05) is 25.8 Å². The van der Waals surface area contributed by atoms with Gasteiger partial charge in [-0.2, -0.15) is 5.26 Å². The molecule has 0 radical (unpaired) electrons. The van der Waals surface area contributed by atoms with Gasteiger partial charge in [-0.25, -0.2) is 4.39 Å². The fourth-order valence-corrected chi connectivity index (χ4v) is 2.88. The molecule has 1 aromatic rings. The monoisotopic (exact) mass is 315 g/mol. The molecule has 0 aliphatic heterocycles. The van der Waals surface area contributed by atoms with Crippen LogP contribution in [0.15, 0.2) is 36.0 Å². The SMILES string of the molecule is CN(C(=O)/C(C#N)=C\NCc1cccc(F)c1)C1CCCCC1. The van der Waals surface area contributed by atoms with E-state index >= 15 is 0 Å². The Hall–Kier alpha value is -2.35. The third-order valence-electron chi connectivity index (χ3n) is 4.24. The Kier molecular flexibility index (Phi) is 6.16. The summed E-state index contributed by atoms with van der Waals surface area (Å²) in [7, 11) is 1.76. The van der Waals surface area contributed by atoms with Gasteiger partial charge in [0.15, 0.2) is 0 Å². The number of nitrogens with one attached hydrogen (secondary N) is 1. The second-order valence-electron chi connectivity index (χ2n) is 5.89. The molecule has 2 rings (SSSR count). The summed E-state index contributed by atoms with van der Waals surface area (Å²) in [4.78, 5) is 14.1. The Morgan fingerprint density at radius 2 is 2.17 bits per heavy atom. The van der Waals surface area contributed by atoms with Crippen molar-refractivity contribution in [2.45, 2.75) is 44.7 Å². The van der Waals surface area contributed by atoms with Crippen molar-refractivity contribution in [1.29, 1.82) is 5.26 Å². The van der Waals surface area contributed by atoms with E-state index in [0.717, 1.165) is 31.2 Å². The number of hydrogen-bond acceptors (Lipinski definition) is 3. The third kappa shape index (κ3) is 4.82.